The molecule has 1 aliphatic rings. The van der Waals surface area contributed by atoms with Crippen molar-refractivity contribution in [1.82, 2.24) is 15.0 Å². The summed E-state index contributed by atoms with van der Waals surface area (Å²) in [5, 5.41) is 21.3. The maximum absolute atomic E-state index is 10.9. The van der Waals surface area contributed by atoms with Crippen molar-refractivity contribution in [2.24, 2.45) is 5.10 Å². The summed E-state index contributed by atoms with van der Waals surface area (Å²) < 4.78 is 10.7. The van der Waals surface area contributed by atoms with Crippen molar-refractivity contribution >= 4 is 41.1 Å². The number of benzene rings is 3. The van der Waals surface area contributed by atoms with Crippen LogP contribution in [-0.4, -0.2) is 32.9 Å². The highest BCUT2D eigenvalue weighted by molar-refractivity contribution is 5.81. The second-order valence-corrected chi connectivity index (χ2v) is 7.21. The van der Waals surface area contributed by atoms with E-state index in [0.717, 1.165) is 11.3 Å². The van der Waals surface area contributed by atoms with Gasteiger partial charge in [-0.15, -0.1) is 0 Å². The van der Waals surface area contributed by atoms with E-state index in [4.69, 9.17) is 9.47 Å². The topological polar surface area (TPSA) is 149 Å². The third-order valence-electron chi connectivity index (χ3n) is 4.77. The van der Waals surface area contributed by atoms with Gasteiger partial charge in [-0.2, -0.15) is 20.1 Å². The van der Waals surface area contributed by atoms with Gasteiger partial charge in [0.1, 0.15) is 0 Å². The van der Waals surface area contributed by atoms with Gasteiger partial charge in [0.15, 0.2) is 11.5 Å². The molecule has 0 atom stereocenters. The summed E-state index contributed by atoms with van der Waals surface area (Å²) in [6.45, 7) is 0.195. The summed E-state index contributed by atoms with van der Waals surface area (Å²) in [7, 11) is 0. The van der Waals surface area contributed by atoms with E-state index in [1.54, 1.807) is 24.4 Å². The number of nitro groups is 1. The zero-order chi connectivity index (χ0) is 24.0. The fraction of sp³-hybridized carbons (Fsp3) is 0.0435. The molecule has 2 heterocycles. The minimum Gasteiger partial charge on any atom is -0.454 e. The summed E-state index contributed by atoms with van der Waals surface area (Å²) >= 11 is 0. The van der Waals surface area contributed by atoms with Crippen LogP contribution in [0.1, 0.15) is 5.56 Å². The number of rotatable bonds is 8. The zero-order valence-electron chi connectivity index (χ0n) is 18.1. The smallest absolute Gasteiger partial charge is 0.269 e. The molecule has 12 nitrogen and oxygen atoms in total. The van der Waals surface area contributed by atoms with Gasteiger partial charge in [-0.1, -0.05) is 18.2 Å². The Morgan fingerprint density at radius 2 is 1.49 bits per heavy atom. The van der Waals surface area contributed by atoms with Crippen LogP contribution >= 0.6 is 0 Å². The van der Waals surface area contributed by atoms with Crippen molar-refractivity contribution in [1.29, 1.82) is 0 Å². The molecule has 0 saturated carbocycles. The van der Waals surface area contributed by atoms with E-state index >= 15 is 0 Å². The molecule has 1 aromatic heterocycles. The summed E-state index contributed by atoms with van der Waals surface area (Å²) in [6, 6.07) is 20.8. The zero-order valence-corrected chi connectivity index (χ0v) is 18.1. The lowest BCUT2D eigenvalue weighted by atomic mass is 10.2. The van der Waals surface area contributed by atoms with Gasteiger partial charge in [-0.3, -0.25) is 10.1 Å². The number of hydrazone groups is 1. The van der Waals surface area contributed by atoms with Gasteiger partial charge in [0, 0.05) is 23.5 Å². The van der Waals surface area contributed by atoms with Gasteiger partial charge < -0.3 is 20.1 Å². The Kier molecular flexibility index (Phi) is 5.98. The molecule has 0 saturated heterocycles. The second kappa shape index (κ2) is 9.70. The molecule has 0 amide bonds. The quantitative estimate of drug-likeness (QED) is 0.192. The normalized spacial score (nSPS) is 11.9. The maximum Gasteiger partial charge on any atom is 0.269 e. The molecule has 12 heteroatoms. The molecule has 3 N–H and O–H groups in total. The van der Waals surface area contributed by atoms with Crippen LogP contribution < -0.4 is 25.5 Å². The van der Waals surface area contributed by atoms with Gasteiger partial charge in [0.05, 0.1) is 11.1 Å². The van der Waals surface area contributed by atoms with Crippen LogP contribution in [0.25, 0.3) is 0 Å². The molecule has 5 rings (SSSR count). The Hall–Kier alpha value is -5.26. The first-order chi connectivity index (χ1) is 17.1. The predicted octanol–water partition coefficient (Wildman–Crippen LogP) is 4.44. The molecule has 0 bridgehead atoms. The number of fused-ring (bicyclic) bond motifs is 1. The number of hydrogen-bond acceptors (Lipinski definition) is 11. The number of nitrogens with zero attached hydrogens (tertiary/aromatic N) is 5. The van der Waals surface area contributed by atoms with E-state index < -0.39 is 4.92 Å². The highest BCUT2D eigenvalue weighted by Gasteiger charge is 2.13. The van der Waals surface area contributed by atoms with E-state index in [1.807, 2.05) is 42.5 Å². The van der Waals surface area contributed by atoms with Crippen LogP contribution in [-0.2, 0) is 0 Å². The van der Waals surface area contributed by atoms with Crippen molar-refractivity contribution in [3.05, 3.63) is 88.5 Å². The van der Waals surface area contributed by atoms with Crippen molar-refractivity contribution in [3.63, 3.8) is 0 Å². The molecule has 1 aliphatic heterocycles. The van der Waals surface area contributed by atoms with Crippen LogP contribution in [0.3, 0.4) is 0 Å². The number of aromatic nitrogens is 3. The van der Waals surface area contributed by atoms with Gasteiger partial charge >= 0.3 is 0 Å². The third-order valence-corrected chi connectivity index (χ3v) is 4.77. The van der Waals surface area contributed by atoms with E-state index in [2.05, 4.69) is 36.1 Å². The Morgan fingerprint density at radius 1 is 0.829 bits per heavy atom. The number of anilines is 5. The van der Waals surface area contributed by atoms with E-state index in [1.165, 1.54) is 12.1 Å². The minimum atomic E-state index is -0.464. The Morgan fingerprint density at radius 3 is 2.20 bits per heavy atom. The SMILES string of the molecule is O=[N+]([O-])c1ccc(Nc2nc(N/N=C/c3ccc4c(c3)OCO4)nc(Nc3ccccc3)n2)cc1. The van der Waals surface area contributed by atoms with Gasteiger partial charge in [0.2, 0.25) is 24.6 Å². The number of hydrogen-bond donors (Lipinski definition) is 3. The first-order valence-electron chi connectivity index (χ1n) is 10.4. The van der Waals surface area contributed by atoms with Crippen LogP contribution in [0.15, 0.2) is 77.9 Å². The molecule has 0 spiro atoms. The fourth-order valence-corrected chi connectivity index (χ4v) is 3.14. The average molecular weight is 470 g/mol. The maximum atomic E-state index is 10.9. The van der Waals surface area contributed by atoms with Crippen LogP contribution in [0, 0.1) is 10.1 Å². The second-order valence-electron chi connectivity index (χ2n) is 7.21. The summed E-state index contributed by atoms with van der Waals surface area (Å²) in [6.07, 6.45) is 1.60. The molecule has 0 radical (unpaired) electrons. The lowest BCUT2D eigenvalue weighted by Crippen LogP contribution is -2.07. The molecule has 0 unspecified atom stereocenters. The van der Waals surface area contributed by atoms with Gasteiger partial charge in [-0.05, 0) is 48.0 Å². The van der Waals surface area contributed by atoms with E-state index in [-0.39, 0.29) is 30.3 Å². The molecular weight excluding hydrogens is 452 g/mol. The van der Waals surface area contributed by atoms with E-state index in [0.29, 0.717) is 17.2 Å². The molecular formula is C23H18N8O4. The van der Waals surface area contributed by atoms with Crippen molar-refractivity contribution < 1.29 is 14.4 Å². The van der Waals surface area contributed by atoms with Crippen molar-refractivity contribution in [2.45, 2.75) is 0 Å². The number of nitrogens with one attached hydrogen (secondary N) is 3. The van der Waals surface area contributed by atoms with Crippen LogP contribution in [0.2, 0.25) is 0 Å². The lowest BCUT2D eigenvalue weighted by molar-refractivity contribution is -0.384. The molecule has 3 aromatic carbocycles. The number of ether oxygens (including phenoxy) is 2. The number of nitro benzene ring substituents is 1. The molecule has 0 aliphatic carbocycles. The first kappa shape index (κ1) is 21.6. The Labute approximate surface area is 198 Å². The standard InChI is InChI=1S/C23H18N8O4/c32-31(33)18-9-7-17(8-10-18)26-22-27-21(25-16-4-2-1-3-5-16)28-23(29-22)30-24-13-15-6-11-19-20(12-15)35-14-34-19/h1-13H,14H2,(H3,25,26,27,28,29,30)/b24-13+. The highest BCUT2D eigenvalue weighted by Crippen LogP contribution is 2.32. The Bertz CT molecular complexity index is 1380. The van der Waals surface area contributed by atoms with Gasteiger partial charge in [0.25, 0.3) is 5.69 Å². The van der Waals surface area contributed by atoms with Crippen LogP contribution in [0.4, 0.5) is 34.9 Å². The number of para-hydroxylation sites is 1. The minimum absolute atomic E-state index is 0.0159. The van der Waals surface area contributed by atoms with Crippen molar-refractivity contribution in [3.8, 4) is 11.5 Å². The molecule has 0 fully saturated rings. The fourth-order valence-electron chi connectivity index (χ4n) is 3.14. The monoisotopic (exact) mass is 470 g/mol. The van der Waals surface area contributed by atoms with Crippen molar-refractivity contribution in [2.75, 3.05) is 22.9 Å². The van der Waals surface area contributed by atoms with Crippen LogP contribution in [0.5, 0.6) is 11.5 Å². The summed E-state index contributed by atoms with van der Waals surface area (Å²) in [5.74, 6) is 2.01. The first-order valence-corrected chi connectivity index (χ1v) is 10.4. The average Bonchev–Trinajstić information content (AvgIpc) is 3.33. The lowest BCUT2D eigenvalue weighted by Gasteiger charge is -2.10. The number of non-ortho nitro benzene ring substituents is 1. The largest absolute Gasteiger partial charge is 0.454 e. The highest BCUT2D eigenvalue weighted by atomic mass is 16.7. The molecule has 35 heavy (non-hydrogen) atoms. The third kappa shape index (κ3) is 5.39. The molecule has 4 aromatic rings. The summed E-state index contributed by atoms with van der Waals surface area (Å²) in [4.78, 5) is 23.5. The van der Waals surface area contributed by atoms with E-state index in [9.17, 15) is 10.1 Å². The summed E-state index contributed by atoms with van der Waals surface area (Å²) in [5.41, 5.74) is 4.94. The molecule has 174 valence electrons. The Balaban J connectivity index is 1.37. The van der Waals surface area contributed by atoms with Gasteiger partial charge in [-0.25, -0.2) is 5.43 Å². The predicted molar refractivity (Wildman–Crippen MR) is 130 cm³/mol.